The van der Waals surface area contributed by atoms with Gasteiger partial charge < -0.3 is 5.11 Å². The molecule has 2 aromatic rings. The molecule has 1 heterocycles. The van der Waals surface area contributed by atoms with Gasteiger partial charge in [-0.2, -0.15) is 0 Å². The SMILES string of the molecule is CC(C)n1ccn(-c2ccc(C(CC(=O)O)C3CC3)cc2)c1=O. The molecule has 1 atom stereocenters. The number of carboxylic acids is 1. The van der Waals surface area contributed by atoms with Gasteiger partial charge in [-0.1, -0.05) is 12.1 Å². The lowest BCUT2D eigenvalue weighted by molar-refractivity contribution is -0.137. The molecule has 1 unspecified atom stereocenters. The molecule has 0 spiro atoms. The Balaban J connectivity index is 1.87. The minimum absolute atomic E-state index is 0.0583. The van der Waals surface area contributed by atoms with Crippen LogP contribution in [0, 0.1) is 5.92 Å². The third-order valence-corrected chi connectivity index (χ3v) is 4.54. The van der Waals surface area contributed by atoms with Gasteiger partial charge >= 0.3 is 11.7 Å². The topological polar surface area (TPSA) is 64.2 Å². The molecule has 0 bridgehead atoms. The Bertz CT molecular complexity index is 751. The van der Waals surface area contributed by atoms with Crippen LogP contribution in [0.2, 0.25) is 0 Å². The fourth-order valence-corrected chi connectivity index (χ4v) is 3.11. The van der Waals surface area contributed by atoms with E-state index in [-0.39, 0.29) is 24.1 Å². The molecule has 122 valence electrons. The van der Waals surface area contributed by atoms with Gasteiger partial charge in [-0.05, 0) is 56.2 Å². The number of hydrogen-bond donors (Lipinski definition) is 1. The van der Waals surface area contributed by atoms with Crippen LogP contribution in [-0.2, 0) is 4.79 Å². The van der Waals surface area contributed by atoms with E-state index in [0.717, 1.165) is 24.1 Å². The molecule has 5 heteroatoms. The quantitative estimate of drug-likeness (QED) is 0.890. The Hall–Kier alpha value is -2.30. The summed E-state index contributed by atoms with van der Waals surface area (Å²) in [6.45, 7) is 3.95. The van der Waals surface area contributed by atoms with Crippen LogP contribution in [0.1, 0.15) is 50.6 Å². The van der Waals surface area contributed by atoms with Crippen LogP contribution >= 0.6 is 0 Å². The molecule has 1 N–H and O–H groups in total. The second-order valence-corrected chi connectivity index (χ2v) is 6.59. The molecule has 5 nitrogen and oxygen atoms in total. The average molecular weight is 314 g/mol. The van der Waals surface area contributed by atoms with E-state index in [1.165, 1.54) is 0 Å². The minimum Gasteiger partial charge on any atom is -0.481 e. The molecule has 0 aliphatic heterocycles. The van der Waals surface area contributed by atoms with Gasteiger partial charge in [-0.3, -0.25) is 13.9 Å². The van der Waals surface area contributed by atoms with Gasteiger partial charge in [-0.15, -0.1) is 0 Å². The zero-order valence-corrected chi connectivity index (χ0v) is 13.5. The largest absolute Gasteiger partial charge is 0.481 e. The second kappa shape index (κ2) is 6.07. The highest BCUT2D eigenvalue weighted by Crippen LogP contribution is 2.44. The minimum atomic E-state index is -0.754. The molecule has 1 fully saturated rings. The summed E-state index contributed by atoms with van der Waals surface area (Å²) in [5.74, 6) is -0.184. The van der Waals surface area contributed by atoms with Gasteiger partial charge in [0.25, 0.3) is 0 Å². The summed E-state index contributed by atoms with van der Waals surface area (Å²) < 4.78 is 3.30. The predicted molar refractivity (Wildman–Crippen MR) is 88.1 cm³/mol. The van der Waals surface area contributed by atoms with Gasteiger partial charge in [0, 0.05) is 18.4 Å². The van der Waals surface area contributed by atoms with E-state index in [1.807, 2.05) is 38.1 Å². The van der Waals surface area contributed by atoms with Crippen molar-refractivity contribution in [2.45, 2.75) is 45.1 Å². The molecule has 23 heavy (non-hydrogen) atoms. The summed E-state index contributed by atoms with van der Waals surface area (Å²) in [6.07, 6.45) is 5.95. The number of carbonyl (C=O) groups is 1. The van der Waals surface area contributed by atoms with Crippen LogP contribution < -0.4 is 5.69 Å². The summed E-state index contributed by atoms with van der Waals surface area (Å²) in [7, 11) is 0. The zero-order valence-electron chi connectivity index (χ0n) is 13.5. The standard InChI is InChI=1S/C18H22N2O3/c1-12(2)19-9-10-20(18(19)23)15-7-5-14(6-8-15)16(11-17(21)22)13-3-4-13/h5-10,12-13,16H,3-4,11H2,1-2H3,(H,21,22). The maximum absolute atomic E-state index is 12.3. The van der Waals surface area contributed by atoms with E-state index < -0.39 is 5.97 Å². The van der Waals surface area contributed by atoms with E-state index >= 15 is 0 Å². The molecule has 1 aromatic carbocycles. The molecule has 1 aromatic heterocycles. The van der Waals surface area contributed by atoms with E-state index in [2.05, 4.69) is 0 Å². The van der Waals surface area contributed by atoms with E-state index in [1.54, 1.807) is 21.5 Å². The number of carboxylic acid groups (broad SMARTS) is 1. The van der Waals surface area contributed by atoms with Crippen LogP contribution in [0.4, 0.5) is 0 Å². The summed E-state index contributed by atoms with van der Waals surface area (Å²) >= 11 is 0. The second-order valence-electron chi connectivity index (χ2n) is 6.59. The van der Waals surface area contributed by atoms with Crippen LogP contribution in [0.15, 0.2) is 41.5 Å². The summed E-state index contributed by atoms with van der Waals surface area (Å²) in [6, 6.07) is 7.84. The van der Waals surface area contributed by atoms with Crippen molar-refractivity contribution in [2.75, 3.05) is 0 Å². The molecule has 3 rings (SSSR count). The Morgan fingerprint density at radius 3 is 2.35 bits per heavy atom. The highest BCUT2D eigenvalue weighted by molar-refractivity contribution is 5.68. The molecular weight excluding hydrogens is 292 g/mol. The molecule has 1 aliphatic carbocycles. The van der Waals surface area contributed by atoms with Crippen molar-refractivity contribution in [3.63, 3.8) is 0 Å². The van der Waals surface area contributed by atoms with E-state index in [4.69, 9.17) is 5.11 Å². The van der Waals surface area contributed by atoms with Crippen LogP contribution in [0.3, 0.4) is 0 Å². The zero-order chi connectivity index (χ0) is 16.6. The third-order valence-electron chi connectivity index (χ3n) is 4.54. The van der Waals surface area contributed by atoms with Crippen molar-refractivity contribution < 1.29 is 9.90 Å². The number of aromatic nitrogens is 2. The highest BCUT2D eigenvalue weighted by atomic mass is 16.4. The third kappa shape index (κ3) is 3.23. The Labute approximate surface area is 135 Å². The number of aliphatic carboxylic acids is 1. The van der Waals surface area contributed by atoms with E-state index in [0.29, 0.717) is 5.92 Å². The smallest absolute Gasteiger partial charge is 0.332 e. The van der Waals surface area contributed by atoms with Gasteiger partial charge in [0.2, 0.25) is 0 Å². The lowest BCUT2D eigenvalue weighted by atomic mass is 9.91. The monoisotopic (exact) mass is 314 g/mol. The number of rotatable bonds is 6. The molecular formula is C18H22N2O3. The Morgan fingerprint density at radius 2 is 1.87 bits per heavy atom. The lowest BCUT2D eigenvalue weighted by Gasteiger charge is -2.15. The first-order valence-electron chi connectivity index (χ1n) is 8.09. The van der Waals surface area contributed by atoms with Gasteiger partial charge in [-0.25, -0.2) is 4.79 Å². The lowest BCUT2D eigenvalue weighted by Crippen LogP contribution is -2.24. The molecule has 0 saturated heterocycles. The number of nitrogens with zero attached hydrogens (tertiary/aromatic N) is 2. The maximum atomic E-state index is 12.3. The van der Waals surface area contributed by atoms with Gasteiger partial charge in [0.15, 0.2) is 0 Å². The van der Waals surface area contributed by atoms with Crippen molar-refractivity contribution >= 4 is 5.97 Å². The predicted octanol–water partition coefficient (Wildman–Crippen LogP) is 3.19. The molecule has 0 radical (unpaired) electrons. The van der Waals surface area contributed by atoms with E-state index in [9.17, 15) is 9.59 Å². The Morgan fingerprint density at radius 1 is 1.22 bits per heavy atom. The van der Waals surface area contributed by atoms with Crippen molar-refractivity contribution in [1.29, 1.82) is 0 Å². The normalized spacial score (nSPS) is 15.8. The number of hydrogen-bond acceptors (Lipinski definition) is 2. The number of benzene rings is 1. The van der Waals surface area contributed by atoms with Crippen LogP contribution in [0.5, 0.6) is 0 Å². The average Bonchev–Trinajstić information content (AvgIpc) is 3.27. The summed E-state index contributed by atoms with van der Waals surface area (Å²) in [5, 5.41) is 9.10. The van der Waals surface area contributed by atoms with Crippen molar-refractivity contribution in [1.82, 2.24) is 9.13 Å². The fraction of sp³-hybridized carbons (Fsp3) is 0.444. The fourth-order valence-electron chi connectivity index (χ4n) is 3.11. The first-order valence-corrected chi connectivity index (χ1v) is 8.09. The van der Waals surface area contributed by atoms with Crippen molar-refractivity contribution in [3.8, 4) is 5.69 Å². The first kappa shape index (κ1) is 15.6. The first-order chi connectivity index (χ1) is 11.0. The van der Waals surface area contributed by atoms with Gasteiger partial charge in [0.05, 0.1) is 12.1 Å². The van der Waals surface area contributed by atoms with Crippen molar-refractivity contribution in [3.05, 3.63) is 52.7 Å². The maximum Gasteiger partial charge on any atom is 0.332 e. The van der Waals surface area contributed by atoms with Crippen LogP contribution in [-0.4, -0.2) is 20.2 Å². The number of imidazole rings is 1. The van der Waals surface area contributed by atoms with Crippen LogP contribution in [0.25, 0.3) is 5.69 Å². The summed E-state index contributed by atoms with van der Waals surface area (Å²) in [5.41, 5.74) is 1.80. The Kier molecular flexibility index (Phi) is 4.11. The summed E-state index contributed by atoms with van der Waals surface area (Å²) in [4.78, 5) is 23.4. The highest BCUT2D eigenvalue weighted by Gasteiger charge is 2.33. The molecule has 1 saturated carbocycles. The van der Waals surface area contributed by atoms with Gasteiger partial charge in [0.1, 0.15) is 0 Å². The van der Waals surface area contributed by atoms with Crippen molar-refractivity contribution in [2.24, 2.45) is 5.92 Å². The molecule has 1 aliphatic rings. The molecule has 0 amide bonds.